The first-order valence-electron chi connectivity index (χ1n) is 15.8. The third-order valence-electron chi connectivity index (χ3n) is 13.3. The molecule has 1 saturated heterocycles. The van der Waals surface area contributed by atoms with Crippen LogP contribution in [0.15, 0.2) is 24.0 Å². The van der Waals surface area contributed by atoms with Gasteiger partial charge in [0, 0.05) is 15.7 Å². The van der Waals surface area contributed by atoms with Gasteiger partial charge in [0.15, 0.2) is 0 Å². The minimum Gasteiger partial charge on any atom is -0.495 e. The van der Waals surface area contributed by atoms with E-state index in [0.29, 0.717) is 47.7 Å². The normalized spacial score (nSPS) is 50.3. The molecule has 0 aromatic carbocycles. The fourth-order valence-electron chi connectivity index (χ4n) is 11.0. The quantitative estimate of drug-likeness (QED) is 0.357. The highest BCUT2D eigenvalue weighted by Gasteiger charge is 2.71. The minimum atomic E-state index is -0.274. The maximum Gasteiger partial charge on any atom is 0.112 e. The van der Waals surface area contributed by atoms with Crippen molar-refractivity contribution >= 4 is 11.8 Å². The summed E-state index contributed by atoms with van der Waals surface area (Å²) in [4.78, 5) is 0. The fourth-order valence-corrected chi connectivity index (χ4v) is 13.0. The SMILES string of the molecule is CC(C)[C@@H](C)[C@]12CCC3(C)C4CCC5C6(SCCC(OCC(C)(C)N)[C@@]5(C)CC6C)C4=CC[C@@]3(C=CO1)C2. The van der Waals surface area contributed by atoms with E-state index in [1.54, 1.807) is 0 Å². The Labute approximate surface area is 237 Å². The lowest BCUT2D eigenvalue weighted by molar-refractivity contribution is -0.172. The zero-order chi connectivity index (χ0) is 27.4. The van der Waals surface area contributed by atoms with Crippen LogP contribution in [-0.2, 0) is 9.47 Å². The van der Waals surface area contributed by atoms with E-state index >= 15 is 0 Å². The third kappa shape index (κ3) is 3.60. The molecule has 3 nitrogen and oxygen atoms in total. The predicted molar refractivity (Wildman–Crippen MR) is 160 cm³/mol. The summed E-state index contributed by atoms with van der Waals surface area (Å²) in [5.41, 5.74) is 8.78. The monoisotopic (exact) mass is 541 g/mol. The Morgan fingerprint density at radius 1 is 1.16 bits per heavy atom. The first kappa shape index (κ1) is 27.7. The van der Waals surface area contributed by atoms with E-state index in [0.717, 1.165) is 6.42 Å². The van der Waals surface area contributed by atoms with E-state index in [9.17, 15) is 0 Å². The van der Waals surface area contributed by atoms with Crippen LogP contribution in [0.1, 0.15) is 107 Å². The van der Waals surface area contributed by atoms with Crippen LogP contribution >= 0.6 is 11.8 Å². The van der Waals surface area contributed by atoms with Gasteiger partial charge in [0.1, 0.15) is 5.60 Å². The third-order valence-corrected chi connectivity index (χ3v) is 15.1. The zero-order valence-corrected chi connectivity index (χ0v) is 26.4. The smallest absolute Gasteiger partial charge is 0.112 e. The molecule has 4 bridgehead atoms. The van der Waals surface area contributed by atoms with Gasteiger partial charge in [-0.1, -0.05) is 53.2 Å². The number of hydrogen-bond donors (Lipinski definition) is 1. The van der Waals surface area contributed by atoms with Gasteiger partial charge in [0.05, 0.1) is 19.0 Å². The topological polar surface area (TPSA) is 44.5 Å². The van der Waals surface area contributed by atoms with Gasteiger partial charge in [-0.15, -0.1) is 11.8 Å². The molecule has 6 aliphatic rings. The van der Waals surface area contributed by atoms with Crippen LogP contribution in [0.3, 0.4) is 0 Å². The molecule has 0 amide bonds. The Kier molecular flexibility index (Phi) is 6.40. The molecule has 0 radical (unpaired) electrons. The van der Waals surface area contributed by atoms with Gasteiger partial charge < -0.3 is 15.2 Å². The Bertz CT molecular complexity index is 1010. The first-order valence-corrected chi connectivity index (χ1v) is 16.8. The molecule has 0 aromatic rings. The fraction of sp³-hybridized carbons (Fsp3) is 0.882. The second kappa shape index (κ2) is 8.78. The van der Waals surface area contributed by atoms with Crippen LogP contribution in [0.25, 0.3) is 0 Å². The number of rotatable bonds is 5. The van der Waals surface area contributed by atoms with E-state index in [4.69, 9.17) is 15.2 Å². The van der Waals surface area contributed by atoms with Crippen LogP contribution in [0.5, 0.6) is 0 Å². The Hall–Kier alpha value is -0.450. The second-order valence-corrected chi connectivity index (χ2v) is 17.5. The van der Waals surface area contributed by atoms with Gasteiger partial charge in [-0.2, -0.15) is 0 Å². The summed E-state index contributed by atoms with van der Waals surface area (Å²) in [6.45, 7) is 19.9. The van der Waals surface area contributed by atoms with Gasteiger partial charge in [-0.25, -0.2) is 0 Å². The highest BCUT2D eigenvalue weighted by Crippen LogP contribution is 2.76. The maximum atomic E-state index is 6.72. The minimum absolute atomic E-state index is 0.0148. The first-order chi connectivity index (χ1) is 17.7. The highest BCUT2D eigenvalue weighted by molar-refractivity contribution is 8.00. The molecule has 4 aliphatic carbocycles. The van der Waals surface area contributed by atoms with Gasteiger partial charge >= 0.3 is 0 Å². The Morgan fingerprint density at radius 3 is 2.63 bits per heavy atom. The molecule has 1 spiro atoms. The van der Waals surface area contributed by atoms with Crippen LogP contribution in [0.4, 0.5) is 0 Å². The van der Waals surface area contributed by atoms with Crippen LogP contribution in [0.2, 0.25) is 0 Å². The molecular formula is C34H55NO2S. The van der Waals surface area contributed by atoms with Crippen molar-refractivity contribution in [3.63, 3.8) is 0 Å². The van der Waals surface area contributed by atoms with Gasteiger partial charge in [0.25, 0.3) is 0 Å². The second-order valence-electron chi connectivity index (χ2n) is 16.1. The molecule has 4 fully saturated rings. The predicted octanol–water partition coefficient (Wildman–Crippen LogP) is 8.14. The van der Waals surface area contributed by atoms with Crippen molar-refractivity contribution in [3.8, 4) is 0 Å². The van der Waals surface area contributed by atoms with Crippen LogP contribution < -0.4 is 5.73 Å². The molecule has 3 saturated carbocycles. The molecule has 2 heterocycles. The molecule has 10 atom stereocenters. The Balaban J connectivity index is 1.37. The number of hydrogen-bond acceptors (Lipinski definition) is 4. The van der Waals surface area contributed by atoms with E-state index in [2.05, 4.69) is 85.6 Å². The van der Waals surface area contributed by atoms with E-state index in [-0.39, 0.29) is 26.7 Å². The molecule has 2 N–H and O–H groups in total. The summed E-state index contributed by atoms with van der Waals surface area (Å²) in [5.74, 6) is 4.53. The summed E-state index contributed by atoms with van der Waals surface area (Å²) >= 11 is 2.33. The summed E-state index contributed by atoms with van der Waals surface area (Å²) in [6.07, 6.45) is 17.8. The van der Waals surface area contributed by atoms with Crippen molar-refractivity contribution in [2.45, 2.75) is 129 Å². The number of thioether (sulfide) groups is 1. The lowest BCUT2D eigenvalue weighted by Crippen LogP contribution is -2.62. The van der Waals surface area contributed by atoms with Crippen molar-refractivity contribution < 1.29 is 9.47 Å². The van der Waals surface area contributed by atoms with Crippen LogP contribution in [0, 0.1) is 45.8 Å². The number of fused-ring (bicyclic) bond motifs is 3. The number of nitrogens with two attached hydrogens (primary N) is 1. The molecule has 38 heavy (non-hydrogen) atoms. The van der Waals surface area contributed by atoms with Crippen LogP contribution in [-0.4, -0.2) is 34.4 Å². The standard InChI is InChI=1S/C34H55NO2S/c1-22(2)24(4)33-15-14-31(8)25-9-10-27-30(7)19-23(3)34(27,38-18-12-28(30)36-21-29(5,6)35)26(25)11-13-32(31,20-33)16-17-37-33/h11,16-17,22-25,27-28H,9-10,12-15,18-21,35H2,1-8H3/t23?,24-,25?,27?,28?,30+,31?,32-,33-,34?/m1/s1. The molecule has 6 unspecified atom stereocenters. The zero-order valence-electron chi connectivity index (χ0n) is 25.6. The molecular weight excluding hydrogens is 486 g/mol. The van der Waals surface area contributed by atoms with Crippen molar-refractivity contribution in [3.05, 3.63) is 24.0 Å². The Morgan fingerprint density at radius 2 is 1.92 bits per heavy atom. The number of ether oxygens (including phenoxy) is 2. The van der Waals surface area contributed by atoms with Gasteiger partial charge in [0.2, 0.25) is 0 Å². The summed E-state index contributed by atoms with van der Waals surface area (Å²) in [6, 6.07) is 0. The van der Waals surface area contributed by atoms with Crippen molar-refractivity contribution in [1.82, 2.24) is 0 Å². The number of allylic oxidation sites excluding steroid dienone is 2. The molecule has 4 heteroatoms. The summed E-state index contributed by atoms with van der Waals surface area (Å²) in [5, 5.41) is 0. The lowest BCUT2D eigenvalue weighted by Gasteiger charge is -2.67. The molecule has 2 aliphatic heterocycles. The molecule has 214 valence electrons. The maximum absolute atomic E-state index is 6.72. The van der Waals surface area contributed by atoms with Gasteiger partial charge in [-0.3, -0.25) is 0 Å². The van der Waals surface area contributed by atoms with E-state index in [1.165, 1.54) is 50.7 Å². The van der Waals surface area contributed by atoms with Crippen molar-refractivity contribution in [2.24, 2.45) is 51.6 Å². The summed E-state index contributed by atoms with van der Waals surface area (Å²) < 4.78 is 13.6. The summed E-state index contributed by atoms with van der Waals surface area (Å²) in [7, 11) is 0. The van der Waals surface area contributed by atoms with Gasteiger partial charge in [-0.05, 0) is 117 Å². The van der Waals surface area contributed by atoms with E-state index in [1.807, 2.05) is 5.57 Å². The molecule has 0 aromatic heterocycles. The highest BCUT2D eigenvalue weighted by atomic mass is 32.2. The van der Waals surface area contributed by atoms with E-state index < -0.39 is 0 Å². The van der Waals surface area contributed by atoms with Crippen molar-refractivity contribution in [1.29, 1.82) is 0 Å². The average Bonchev–Trinajstić information content (AvgIpc) is 2.99. The van der Waals surface area contributed by atoms with Crippen molar-refractivity contribution in [2.75, 3.05) is 12.4 Å². The largest absolute Gasteiger partial charge is 0.495 e. The molecule has 6 rings (SSSR count). The lowest BCUT2D eigenvalue weighted by atomic mass is 9.41. The average molecular weight is 542 g/mol.